The van der Waals surface area contributed by atoms with Crippen molar-refractivity contribution in [3.8, 4) is 0 Å². The van der Waals surface area contributed by atoms with Gasteiger partial charge in [-0.3, -0.25) is 4.79 Å². The molecule has 66 valence electrons. The third-order valence-electron chi connectivity index (χ3n) is 1.84. The zero-order valence-electron chi connectivity index (χ0n) is 6.50. The average molecular weight is 178 g/mol. The van der Waals surface area contributed by atoms with Gasteiger partial charge in [0.2, 0.25) is 0 Å². The Morgan fingerprint density at radius 3 is 2.85 bits per heavy atom. The van der Waals surface area contributed by atoms with Gasteiger partial charge in [-0.15, -0.1) is 0 Å². The second-order valence-electron chi connectivity index (χ2n) is 2.60. The van der Waals surface area contributed by atoms with Gasteiger partial charge in [-0.05, 0) is 6.07 Å². The molecule has 2 heterocycles. The van der Waals surface area contributed by atoms with Crippen LogP contribution in [0.2, 0.25) is 0 Å². The van der Waals surface area contributed by atoms with Crippen molar-refractivity contribution < 1.29 is 9.90 Å². The minimum absolute atomic E-state index is 0.112. The van der Waals surface area contributed by atoms with E-state index < -0.39 is 5.97 Å². The van der Waals surface area contributed by atoms with Gasteiger partial charge in [0.1, 0.15) is 5.52 Å². The van der Waals surface area contributed by atoms with E-state index in [2.05, 4.69) is 9.97 Å². The van der Waals surface area contributed by atoms with Crippen LogP contribution >= 0.6 is 0 Å². The molecule has 2 rings (SSSR count). The SMILES string of the molecule is O=C(O)c1c[nH]c2c(=O)[nH]ccc12. The Balaban J connectivity index is 2.91. The Hall–Kier alpha value is -2.04. The van der Waals surface area contributed by atoms with Crippen molar-refractivity contribution in [2.45, 2.75) is 0 Å². The number of hydrogen-bond donors (Lipinski definition) is 3. The zero-order valence-corrected chi connectivity index (χ0v) is 6.50. The van der Waals surface area contributed by atoms with Crippen LogP contribution in [-0.4, -0.2) is 21.0 Å². The number of carboxylic acid groups (broad SMARTS) is 1. The van der Waals surface area contributed by atoms with E-state index >= 15 is 0 Å². The fourth-order valence-corrected chi connectivity index (χ4v) is 1.25. The van der Waals surface area contributed by atoms with Crippen LogP contribution in [0.1, 0.15) is 10.4 Å². The van der Waals surface area contributed by atoms with Gasteiger partial charge in [-0.25, -0.2) is 4.79 Å². The molecule has 3 N–H and O–H groups in total. The third kappa shape index (κ3) is 1.01. The number of aromatic nitrogens is 2. The summed E-state index contributed by atoms with van der Waals surface area (Å²) in [5.74, 6) is -1.04. The van der Waals surface area contributed by atoms with Crippen LogP contribution < -0.4 is 5.56 Å². The van der Waals surface area contributed by atoms with Crippen molar-refractivity contribution in [1.82, 2.24) is 9.97 Å². The van der Waals surface area contributed by atoms with E-state index in [0.29, 0.717) is 10.9 Å². The third-order valence-corrected chi connectivity index (χ3v) is 1.84. The summed E-state index contributed by atoms with van der Waals surface area (Å²) in [5, 5.41) is 9.16. The molecule has 2 aromatic rings. The molecule has 0 fully saturated rings. The summed E-state index contributed by atoms with van der Waals surface area (Å²) in [6.07, 6.45) is 2.73. The summed E-state index contributed by atoms with van der Waals surface area (Å²) in [7, 11) is 0. The van der Waals surface area contributed by atoms with E-state index in [9.17, 15) is 9.59 Å². The number of pyridine rings is 1. The van der Waals surface area contributed by atoms with Crippen molar-refractivity contribution in [3.05, 3.63) is 34.4 Å². The summed E-state index contributed by atoms with van der Waals surface area (Å²) in [6.45, 7) is 0. The van der Waals surface area contributed by atoms with Crippen LogP contribution in [0.15, 0.2) is 23.3 Å². The molecule has 5 heteroatoms. The predicted octanol–water partition coefficient (Wildman–Crippen LogP) is 0.554. The maximum atomic E-state index is 11.1. The lowest BCUT2D eigenvalue weighted by atomic mass is 10.2. The summed E-state index contributed by atoms with van der Waals surface area (Å²) in [4.78, 5) is 26.8. The standard InChI is InChI=1S/C8H6N2O3/c11-7-6-4(1-2-9-7)5(3-10-6)8(12)13/h1-3,10H,(H,9,11)(H,12,13). The summed E-state index contributed by atoms with van der Waals surface area (Å²) >= 11 is 0. The molecule has 0 saturated heterocycles. The maximum absolute atomic E-state index is 11.1. The van der Waals surface area contributed by atoms with Crippen LogP contribution in [0.3, 0.4) is 0 Å². The molecule has 0 amide bonds. The van der Waals surface area contributed by atoms with E-state index in [1.807, 2.05) is 0 Å². The number of rotatable bonds is 1. The van der Waals surface area contributed by atoms with Crippen molar-refractivity contribution >= 4 is 16.9 Å². The first-order chi connectivity index (χ1) is 6.20. The average Bonchev–Trinajstić information content (AvgIpc) is 2.48. The number of carbonyl (C=O) groups is 1. The minimum Gasteiger partial charge on any atom is -0.478 e. The summed E-state index contributed by atoms with van der Waals surface area (Å²) < 4.78 is 0. The van der Waals surface area contributed by atoms with Gasteiger partial charge in [-0.2, -0.15) is 0 Å². The van der Waals surface area contributed by atoms with Crippen molar-refractivity contribution in [2.24, 2.45) is 0 Å². The molecule has 2 aromatic heterocycles. The monoisotopic (exact) mass is 178 g/mol. The molecule has 0 saturated carbocycles. The van der Waals surface area contributed by atoms with E-state index in [1.165, 1.54) is 12.4 Å². The first-order valence-corrected chi connectivity index (χ1v) is 3.62. The fraction of sp³-hybridized carbons (Fsp3) is 0. The number of hydrogen-bond acceptors (Lipinski definition) is 2. The molecule has 0 aliphatic carbocycles. The number of aromatic carboxylic acids is 1. The number of nitrogens with one attached hydrogen (secondary N) is 2. The molecule has 0 atom stereocenters. The normalized spacial score (nSPS) is 10.5. The molecule has 0 spiro atoms. The minimum atomic E-state index is -1.04. The van der Waals surface area contributed by atoms with Crippen LogP contribution in [0.25, 0.3) is 10.9 Å². The van der Waals surface area contributed by atoms with E-state index in [1.54, 1.807) is 6.07 Å². The van der Waals surface area contributed by atoms with Crippen LogP contribution in [0.5, 0.6) is 0 Å². The quantitative estimate of drug-likeness (QED) is 0.596. The lowest BCUT2D eigenvalue weighted by Crippen LogP contribution is -2.04. The molecule has 0 radical (unpaired) electrons. The highest BCUT2D eigenvalue weighted by Gasteiger charge is 2.11. The Morgan fingerprint density at radius 2 is 2.15 bits per heavy atom. The second-order valence-corrected chi connectivity index (χ2v) is 2.60. The largest absolute Gasteiger partial charge is 0.478 e. The molecule has 0 aromatic carbocycles. The molecular weight excluding hydrogens is 172 g/mol. The first kappa shape index (κ1) is 7.60. The number of H-pyrrole nitrogens is 2. The lowest BCUT2D eigenvalue weighted by molar-refractivity contribution is 0.0699. The van der Waals surface area contributed by atoms with E-state index in [4.69, 9.17) is 5.11 Å². The van der Waals surface area contributed by atoms with Gasteiger partial charge in [-0.1, -0.05) is 0 Å². The Bertz CT molecular complexity index is 523. The van der Waals surface area contributed by atoms with Crippen LogP contribution in [0, 0.1) is 0 Å². The van der Waals surface area contributed by atoms with Crippen molar-refractivity contribution in [2.75, 3.05) is 0 Å². The van der Waals surface area contributed by atoms with E-state index in [0.717, 1.165) is 0 Å². The van der Waals surface area contributed by atoms with E-state index in [-0.39, 0.29) is 11.1 Å². The van der Waals surface area contributed by atoms with Crippen LogP contribution in [-0.2, 0) is 0 Å². The van der Waals surface area contributed by atoms with Gasteiger partial charge in [0.05, 0.1) is 5.56 Å². The molecule has 5 nitrogen and oxygen atoms in total. The fourth-order valence-electron chi connectivity index (χ4n) is 1.25. The molecule has 0 bridgehead atoms. The predicted molar refractivity (Wildman–Crippen MR) is 45.9 cm³/mol. The smallest absolute Gasteiger partial charge is 0.337 e. The first-order valence-electron chi connectivity index (χ1n) is 3.62. The van der Waals surface area contributed by atoms with Crippen molar-refractivity contribution in [1.29, 1.82) is 0 Å². The molecule has 0 aliphatic heterocycles. The Kier molecular flexibility index (Phi) is 1.45. The van der Waals surface area contributed by atoms with Gasteiger partial charge in [0.25, 0.3) is 5.56 Å². The number of fused-ring (bicyclic) bond motifs is 1. The molecule has 0 unspecified atom stereocenters. The van der Waals surface area contributed by atoms with Gasteiger partial charge in [0.15, 0.2) is 0 Å². The Labute approximate surface area is 72.0 Å². The highest BCUT2D eigenvalue weighted by Crippen LogP contribution is 2.13. The molecule has 0 aliphatic rings. The number of aromatic amines is 2. The van der Waals surface area contributed by atoms with Crippen molar-refractivity contribution in [3.63, 3.8) is 0 Å². The maximum Gasteiger partial charge on any atom is 0.337 e. The highest BCUT2D eigenvalue weighted by molar-refractivity contribution is 6.02. The zero-order chi connectivity index (χ0) is 9.42. The Morgan fingerprint density at radius 1 is 1.38 bits per heavy atom. The number of carboxylic acids is 1. The second kappa shape index (κ2) is 2.48. The summed E-state index contributed by atoms with van der Waals surface area (Å²) in [5.41, 5.74) is 0.0889. The highest BCUT2D eigenvalue weighted by atomic mass is 16.4. The lowest BCUT2D eigenvalue weighted by Gasteiger charge is -1.89. The van der Waals surface area contributed by atoms with Gasteiger partial charge >= 0.3 is 5.97 Å². The molecular formula is C8H6N2O3. The van der Waals surface area contributed by atoms with Gasteiger partial charge < -0.3 is 15.1 Å². The van der Waals surface area contributed by atoms with Crippen LogP contribution in [0.4, 0.5) is 0 Å². The summed E-state index contributed by atoms with van der Waals surface area (Å²) in [6, 6.07) is 1.55. The van der Waals surface area contributed by atoms with Gasteiger partial charge in [0, 0.05) is 17.8 Å². The molecule has 13 heavy (non-hydrogen) atoms. The topological polar surface area (TPSA) is 85.9 Å².